The highest BCUT2D eigenvalue weighted by molar-refractivity contribution is 7.18. The predicted octanol–water partition coefficient (Wildman–Crippen LogP) is 4.43. The third kappa shape index (κ3) is 1.54. The third-order valence-electron chi connectivity index (χ3n) is 1.84. The van der Waals surface area contributed by atoms with Gasteiger partial charge in [-0.25, -0.2) is 0 Å². The van der Waals surface area contributed by atoms with Crippen LogP contribution in [0.2, 0.25) is 5.02 Å². The van der Waals surface area contributed by atoms with Crippen LogP contribution in [-0.2, 0) is 5.88 Å². The first-order chi connectivity index (χ1) is 6.22. The van der Waals surface area contributed by atoms with E-state index in [4.69, 9.17) is 23.2 Å². The van der Waals surface area contributed by atoms with Crippen LogP contribution in [0.4, 0.5) is 4.39 Å². The van der Waals surface area contributed by atoms with Gasteiger partial charge in [-0.15, -0.1) is 22.9 Å². The molecule has 68 valence electrons. The van der Waals surface area contributed by atoms with E-state index in [1.807, 2.05) is 6.07 Å². The maximum absolute atomic E-state index is 12.9. The third-order valence-corrected chi connectivity index (χ3v) is 3.51. The van der Waals surface area contributed by atoms with Gasteiger partial charge >= 0.3 is 0 Å². The van der Waals surface area contributed by atoms with Gasteiger partial charge in [0.25, 0.3) is 0 Å². The van der Waals surface area contributed by atoms with Crippen molar-refractivity contribution in [1.29, 1.82) is 0 Å². The molecule has 0 N–H and O–H groups in total. The van der Waals surface area contributed by atoms with Crippen molar-refractivity contribution >= 4 is 44.6 Å². The van der Waals surface area contributed by atoms with Gasteiger partial charge in [0.15, 0.2) is 5.13 Å². The molecule has 0 radical (unpaired) electrons. The van der Waals surface area contributed by atoms with Crippen molar-refractivity contribution in [3.8, 4) is 0 Å². The molecule has 13 heavy (non-hydrogen) atoms. The number of alkyl halides is 1. The Labute approximate surface area is 88.9 Å². The highest BCUT2D eigenvalue weighted by Crippen LogP contribution is 2.33. The summed E-state index contributed by atoms with van der Waals surface area (Å²) < 4.78 is 13.7. The van der Waals surface area contributed by atoms with Crippen molar-refractivity contribution in [2.24, 2.45) is 0 Å². The summed E-state index contributed by atoms with van der Waals surface area (Å²) in [5.74, 6) is 0.379. The van der Waals surface area contributed by atoms with E-state index >= 15 is 0 Å². The predicted molar refractivity (Wildman–Crippen MR) is 56.4 cm³/mol. The summed E-state index contributed by atoms with van der Waals surface area (Å²) in [6.07, 6.45) is 0. The SMILES string of the molecule is Fc1cc2c(CCl)ccc(Cl)c2s1. The summed E-state index contributed by atoms with van der Waals surface area (Å²) in [5.41, 5.74) is 0.918. The number of halogens is 3. The van der Waals surface area contributed by atoms with Crippen molar-refractivity contribution in [1.82, 2.24) is 0 Å². The lowest BCUT2D eigenvalue weighted by atomic mass is 10.1. The van der Waals surface area contributed by atoms with Crippen molar-refractivity contribution in [3.63, 3.8) is 0 Å². The van der Waals surface area contributed by atoms with Crippen molar-refractivity contribution < 1.29 is 4.39 Å². The molecule has 0 unspecified atom stereocenters. The fourth-order valence-corrected chi connectivity index (χ4v) is 2.58. The molecular weight excluding hydrogens is 230 g/mol. The fraction of sp³-hybridized carbons (Fsp3) is 0.111. The first-order valence-corrected chi connectivity index (χ1v) is 5.37. The molecule has 0 atom stereocenters. The normalized spacial score (nSPS) is 11.0. The molecule has 0 aliphatic heterocycles. The summed E-state index contributed by atoms with van der Waals surface area (Å²) >= 11 is 12.7. The average molecular weight is 235 g/mol. The number of fused-ring (bicyclic) bond motifs is 1. The first-order valence-electron chi connectivity index (χ1n) is 3.65. The Kier molecular flexibility index (Phi) is 2.45. The van der Waals surface area contributed by atoms with Crippen LogP contribution in [0.5, 0.6) is 0 Å². The molecule has 1 aromatic heterocycles. The topological polar surface area (TPSA) is 0 Å². The van der Waals surface area contributed by atoms with E-state index in [1.165, 1.54) is 6.07 Å². The molecule has 0 saturated carbocycles. The zero-order valence-corrected chi connectivity index (χ0v) is 8.81. The quantitative estimate of drug-likeness (QED) is 0.641. The van der Waals surface area contributed by atoms with E-state index in [9.17, 15) is 4.39 Å². The highest BCUT2D eigenvalue weighted by atomic mass is 35.5. The van der Waals surface area contributed by atoms with Gasteiger partial charge in [-0.1, -0.05) is 17.7 Å². The van der Waals surface area contributed by atoms with Gasteiger partial charge in [-0.2, -0.15) is 4.39 Å². The Morgan fingerprint density at radius 1 is 1.38 bits per heavy atom. The summed E-state index contributed by atoms with van der Waals surface area (Å²) in [5, 5.41) is 1.18. The lowest BCUT2D eigenvalue weighted by Crippen LogP contribution is -1.77. The summed E-state index contributed by atoms with van der Waals surface area (Å²) in [6, 6.07) is 5.05. The minimum atomic E-state index is -0.227. The van der Waals surface area contributed by atoms with Crippen LogP contribution < -0.4 is 0 Å². The summed E-state index contributed by atoms with van der Waals surface area (Å²) in [4.78, 5) is 0. The smallest absolute Gasteiger partial charge is 0.177 e. The van der Waals surface area contributed by atoms with Crippen LogP contribution in [0.3, 0.4) is 0 Å². The van der Waals surface area contributed by atoms with Crippen LogP contribution in [0.25, 0.3) is 10.1 Å². The Bertz CT molecular complexity index is 450. The van der Waals surface area contributed by atoms with E-state index in [0.29, 0.717) is 10.9 Å². The van der Waals surface area contributed by atoms with E-state index in [-0.39, 0.29) is 5.13 Å². The molecule has 0 amide bonds. The molecule has 0 fully saturated rings. The molecule has 1 aromatic carbocycles. The van der Waals surface area contributed by atoms with Gasteiger partial charge in [-0.05, 0) is 17.7 Å². The molecule has 0 aliphatic carbocycles. The Morgan fingerprint density at radius 2 is 2.15 bits per heavy atom. The maximum Gasteiger partial charge on any atom is 0.177 e. The number of hydrogen-bond donors (Lipinski definition) is 0. The van der Waals surface area contributed by atoms with E-state index in [2.05, 4.69) is 0 Å². The van der Waals surface area contributed by atoms with Crippen molar-refractivity contribution in [3.05, 3.63) is 33.9 Å². The van der Waals surface area contributed by atoms with Crippen LogP contribution in [0, 0.1) is 5.13 Å². The lowest BCUT2D eigenvalue weighted by molar-refractivity contribution is 0.658. The second-order valence-electron chi connectivity index (χ2n) is 2.63. The number of hydrogen-bond acceptors (Lipinski definition) is 1. The largest absolute Gasteiger partial charge is 0.195 e. The van der Waals surface area contributed by atoms with Gasteiger partial charge in [0.1, 0.15) is 0 Å². The molecule has 2 aromatic rings. The molecular formula is C9H5Cl2FS. The number of thiophene rings is 1. The first kappa shape index (κ1) is 9.25. The van der Waals surface area contributed by atoms with Crippen LogP contribution >= 0.6 is 34.5 Å². The zero-order chi connectivity index (χ0) is 9.42. The molecule has 0 spiro atoms. The molecule has 4 heteroatoms. The van der Waals surface area contributed by atoms with E-state index in [0.717, 1.165) is 27.0 Å². The van der Waals surface area contributed by atoms with Crippen LogP contribution in [-0.4, -0.2) is 0 Å². The van der Waals surface area contributed by atoms with Crippen molar-refractivity contribution in [2.75, 3.05) is 0 Å². The molecule has 2 rings (SSSR count). The highest BCUT2D eigenvalue weighted by Gasteiger charge is 2.08. The van der Waals surface area contributed by atoms with Crippen LogP contribution in [0.15, 0.2) is 18.2 Å². The molecule has 0 saturated heterocycles. The van der Waals surface area contributed by atoms with Gasteiger partial charge in [0.2, 0.25) is 0 Å². The lowest BCUT2D eigenvalue weighted by Gasteiger charge is -1.98. The zero-order valence-electron chi connectivity index (χ0n) is 6.48. The van der Waals surface area contributed by atoms with E-state index in [1.54, 1.807) is 6.07 Å². The molecule has 0 bridgehead atoms. The maximum atomic E-state index is 12.9. The second-order valence-corrected chi connectivity index (χ2v) is 4.31. The van der Waals surface area contributed by atoms with Gasteiger partial charge < -0.3 is 0 Å². The van der Waals surface area contributed by atoms with Crippen LogP contribution in [0.1, 0.15) is 5.56 Å². The standard InChI is InChI=1S/C9H5Cl2FS/c10-4-5-1-2-7(11)9-6(5)3-8(12)13-9/h1-3H,4H2. The molecule has 0 aliphatic rings. The summed E-state index contributed by atoms with van der Waals surface area (Å²) in [7, 11) is 0. The minimum Gasteiger partial charge on any atom is -0.195 e. The Balaban J connectivity index is 2.83. The number of benzene rings is 1. The van der Waals surface area contributed by atoms with E-state index < -0.39 is 0 Å². The van der Waals surface area contributed by atoms with Crippen molar-refractivity contribution in [2.45, 2.75) is 5.88 Å². The van der Waals surface area contributed by atoms with Gasteiger partial charge in [-0.3, -0.25) is 0 Å². The second kappa shape index (κ2) is 3.45. The Morgan fingerprint density at radius 3 is 2.85 bits per heavy atom. The average Bonchev–Trinajstić information content (AvgIpc) is 2.48. The Hall–Kier alpha value is -0.310. The van der Waals surface area contributed by atoms with Gasteiger partial charge in [0, 0.05) is 11.3 Å². The monoisotopic (exact) mass is 234 g/mol. The molecule has 0 nitrogen and oxygen atoms in total. The molecule has 1 heterocycles. The number of rotatable bonds is 1. The fourth-order valence-electron chi connectivity index (χ4n) is 1.23. The van der Waals surface area contributed by atoms with Gasteiger partial charge in [0.05, 0.1) is 9.72 Å². The minimum absolute atomic E-state index is 0.227. The summed E-state index contributed by atoms with van der Waals surface area (Å²) in [6.45, 7) is 0.